The Morgan fingerprint density at radius 2 is 1.86 bits per heavy atom. The minimum Gasteiger partial charge on any atom is -0.159 e. The van der Waals surface area contributed by atoms with Gasteiger partial charge in [0.1, 0.15) is 0 Å². The predicted molar refractivity (Wildman–Crippen MR) is 57.5 cm³/mol. The smallest absolute Gasteiger partial charge is 0.0945 e. The lowest BCUT2D eigenvalue weighted by Gasteiger charge is -2.03. The molecule has 0 unspecified atom stereocenters. The molecule has 0 spiro atoms. The predicted octanol–water partition coefficient (Wildman–Crippen LogP) is 3.45. The second-order valence-corrected chi connectivity index (χ2v) is 3.50. The third kappa shape index (κ3) is 1.72. The lowest BCUT2D eigenvalue weighted by molar-refractivity contribution is 1.04. The van der Waals surface area contributed by atoms with Crippen molar-refractivity contribution < 1.29 is 0 Å². The largest absolute Gasteiger partial charge is 0.159 e. The first-order chi connectivity index (χ1) is 6.79. The van der Waals surface area contributed by atoms with Gasteiger partial charge in [-0.25, -0.2) is 0 Å². The molecule has 0 saturated carbocycles. The van der Waals surface area contributed by atoms with Gasteiger partial charge in [0.25, 0.3) is 0 Å². The van der Waals surface area contributed by atoms with Crippen molar-refractivity contribution in [3.8, 4) is 11.3 Å². The van der Waals surface area contributed by atoms with Crippen molar-refractivity contribution in [1.82, 2.24) is 10.2 Å². The summed E-state index contributed by atoms with van der Waals surface area (Å²) in [6.45, 7) is 0. The summed E-state index contributed by atoms with van der Waals surface area (Å²) >= 11 is 11.9. The van der Waals surface area contributed by atoms with Crippen LogP contribution in [0, 0.1) is 0 Å². The Bertz CT molecular complexity index is 443. The highest BCUT2D eigenvalue weighted by Crippen LogP contribution is 2.31. The van der Waals surface area contributed by atoms with Crippen LogP contribution in [0.4, 0.5) is 0 Å². The Morgan fingerprint density at radius 3 is 2.57 bits per heavy atom. The fourth-order valence-corrected chi connectivity index (χ4v) is 1.54. The molecule has 0 aliphatic carbocycles. The maximum absolute atomic E-state index is 6.03. The van der Waals surface area contributed by atoms with Crippen LogP contribution in [0.5, 0.6) is 0 Å². The molecule has 2 aromatic rings. The quantitative estimate of drug-likeness (QED) is 0.742. The van der Waals surface area contributed by atoms with Crippen molar-refractivity contribution in [2.45, 2.75) is 0 Å². The molecule has 1 aromatic carbocycles. The summed E-state index contributed by atoms with van der Waals surface area (Å²) in [5, 5.41) is 8.77. The van der Waals surface area contributed by atoms with E-state index in [1.807, 2.05) is 18.2 Å². The van der Waals surface area contributed by atoms with Gasteiger partial charge in [0.2, 0.25) is 0 Å². The molecule has 2 nitrogen and oxygen atoms in total. The van der Waals surface area contributed by atoms with Gasteiger partial charge < -0.3 is 0 Å². The average molecular weight is 225 g/mol. The first-order valence-corrected chi connectivity index (χ1v) is 4.77. The number of nitrogens with zero attached hydrogens (tertiary/aromatic N) is 2. The molecule has 0 aliphatic heterocycles. The molecule has 0 atom stereocenters. The normalized spacial score (nSPS) is 10.1. The molecule has 1 aromatic heterocycles. The minimum atomic E-state index is 0.509. The molecule has 0 radical (unpaired) electrons. The molecule has 70 valence electrons. The van der Waals surface area contributed by atoms with Crippen molar-refractivity contribution in [3.05, 3.63) is 46.6 Å². The topological polar surface area (TPSA) is 25.8 Å². The zero-order valence-electron chi connectivity index (χ0n) is 7.11. The fourth-order valence-electron chi connectivity index (χ4n) is 1.15. The van der Waals surface area contributed by atoms with Crippen LogP contribution in [-0.4, -0.2) is 10.2 Å². The Hall–Kier alpha value is -1.12. The summed E-state index contributed by atoms with van der Waals surface area (Å²) in [6.07, 6.45) is 1.61. The number of aromatic nitrogens is 2. The molecule has 1 heterocycles. The van der Waals surface area contributed by atoms with Crippen LogP contribution in [0.25, 0.3) is 11.3 Å². The van der Waals surface area contributed by atoms with Gasteiger partial charge in [-0.3, -0.25) is 0 Å². The van der Waals surface area contributed by atoms with Gasteiger partial charge >= 0.3 is 0 Å². The number of hydrogen-bond acceptors (Lipinski definition) is 2. The van der Waals surface area contributed by atoms with E-state index in [4.69, 9.17) is 23.2 Å². The summed E-state index contributed by atoms with van der Waals surface area (Å²) in [6, 6.07) is 9.07. The average Bonchev–Trinajstić information content (AvgIpc) is 2.23. The van der Waals surface area contributed by atoms with Crippen LogP contribution in [0.2, 0.25) is 10.0 Å². The SMILES string of the molecule is Clc1cccc(-c2cccnn2)c1Cl. The van der Waals surface area contributed by atoms with Gasteiger partial charge in [-0.15, -0.1) is 0 Å². The molecular weight excluding hydrogens is 219 g/mol. The Kier molecular flexibility index (Phi) is 2.66. The number of rotatable bonds is 1. The summed E-state index contributed by atoms with van der Waals surface area (Å²) in [7, 11) is 0. The molecule has 0 aliphatic rings. The molecule has 4 heteroatoms. The lowest BCUT2D eigenvalue weighted by atomic mass is 10.1. The van der Waals surface area contributed by atoms with Crippen LogP contribution in [0.15, 0.2) is 36.5 Å². The molecule has 0 N–H and O–H groups in total. The molecule has 14 heavy (non-hydrogen) atoms. The van der Waals surface area contributed by atoms with Crippen LogP contribution in [-0.2, 0) is 0 Å². The third-order valence-electron chi connectivity index (χ3n) is 1.80. The van der Waals surface area contributed by atoms with Gasteiger partial charge in [-0.05, 0) is 18.2 Å². The first-order valence-electron chi connectivity index (χ1n) is 4.01. The Morgan fingerprint density at radius 1 is 1.00 bits per heavy atom. The van der Waals surface area contributed by atoms with Gasteiger partial charge in [-0.2, -0.15) is 10.2 Å². The van der Waals surface area contributed by atoms with Crippen LogP contribution >= 0.6 is 23.2 Å². The van der Waals surface area contributed by atoms with E-state index < -0.39 is 0 Å². The fraction of sp³-hybridized carbons (Fsp3) is 0. The minimum absolute atomic E-state index is 0.509. The van der Waals surface area contributed by atoms with Gasteiger partial charge in [-0.1, -0.05) is 35.3 Å². The molecule has 0 amide bonds. The number of halogens is 2. The second-order valence-electron chi connectivity index (χ2n) is 2.71. The second kappa shape index (κ2) is 3.95. The summed E-state index contributed by atoms with van der Waals surface area (Å²) in [5.74, 6) is 0. The zero-order valence-corrected chi connectivity index (χ0v) is 8.63. The maximum Gasteiger partial charge on any atom is 0.0945 e. The summed E-state index contributed by atoms with van der Waals surface area (Å²) < 4.78 is 0. The molecule has 0 bridgehead atoms. The standard InChI is InChI=1S/C10H6Cl2N2/c11-8-4-1-3-7(10(8)12)9-5-2-6-13-14-9/h1-6H. The Balaban J connectivity index is 2.58. The first kappa shape index (κ1) is 9.44. The van der Waals surface area contributed by atoms with Crippen LogP contribution in [0.1, 0.15) is 0 Å². The molecular formula is C10H6Cl2N2. The highest BCUT2D eigenvalue weighted by atomic mass is 35.5. The van der Waals surface area contributed by atoms with E-state index in [0.717, 1.165) is 11.3 Å². The van der Waals surface area contributed by atoms with Crippen molar-refractivity contribution in [2.75, 3.05) is 0 Å². The number of hydrogen-bond donors (Lipinski definition) is 0. The van der Waals surface area contributed by atoms with E-state index in [-0.39, 0.29) is 0 Å². The molecule has 2 rings (SSSR count). The Labute approximate surface area is 91.5 Å². The lowest BCUT2D eigenvalue weighted by Crippen LogP contribution is -1.86. The van der Waals surface area contributed by atoms with Crippen molar-refractivity contribution in [3.63, 3.8) is 0 Å². The van der Waals surface area contributed by atoms with E-state index in [1.54, 1.807) is 18.3 Å². The maximum atomic E-state index is 6.03. The third-order valence-corrected chi connectivity index (χ3v) is 2.62. The highest BCUT2D eigenvalue weighted by Gasteiger charge is 2.06. The van der Waals surface area contributed by atoms with E-state index in [0.29, 0.717) is 10.0 Å². The highest BCUT2D eigenvalue weighted by molar-refractivity contribution is 6.43. The van der Waals surface area contributed by atoms with Gasteiger partial charge in [0.05, 0.1) is 15.7 Å². The van der Waals surface area contributed by atoms with Crippen molar-refractivity contribution in [1.29, 1.82) is 0 Å². The molecule has 0 fully saturated rings. The van der Waals surface area contributed by atoms with Crippen LogP contribution < -0.4 is 0 Å². The van der Waals surface area contributed by atoms with Crippen LogP contribution in [0.3, 0.4) is 0 Å². The van der Waals surface area contributed by atoms with E-state index in [9.17, 15) is 0 Å². The van der Waals surface area contributed by atoms with E-state index >= 15 is 0 Å². The zero-order chi connectivity index (χ0) is 9.97. The summed E-state index contributed by atoms with van der Waals surface area (Å²) in [4.78, 5) is 0. The van der Waals surface area contributed by atoms with E-state index in [1.165, 1.54) is 0 Å². The number of benzene rings is 1. The van der Waals surface area contributed by atoms with Crippen molar-refractivity contribution >= 4 is 23.2 Å². The van der Waals surface area contributed by atoms with E-state index in [2.05, 4.69) is 10.2 Å². The summed E-state index contributed by atoms with van der Waals surface area (Å²) in [5.41, 5.74) is 1.52. The monoisotopic (exact) mass is 224 g/mol. The molecule has 0 saturated heterocycles. The van der Waals surface area contributed by atoms with Gasteiger partial charge in [0, 0.05) is 11.8 Å². The van der Waals surface area contributed by atoms with Crippen molar-refractivity contribution in [2.24, 2.45) is 0 Å². The van der Waals surface area contributed by atoms with Gasteiger partial charge in [0.15, 0.2) is 0 Å².